The Morgan fingerprint density at radius 3 is 2.51 bits per heavy atom. The lowest BCUT2D eigenvalue weighted by Crippen LogP contribution is -2.42. The molecule has 13 heteroatoms. The molecule has 0 aliphatic heterocycles. The molecule has 4 rings (SSSR count). The second-order valence-electron chi connectivity index (χ2n) is 7.76. The zero-order valence-corrected chi connectivity index (χ0v) is 20.2. The van der Waals surface area contributed by atoms with Crippen molar-refractivity contribution < 1.29 is 31.8 Å². The van der Waals surface area contributed by atoms with E-state index in [2.05, 4.69) is 10.3 Å². The second kappa shape index (κ2) is 9.56. The van der Waals surface area contributed by atoms with E-state index in [-0.39, 0.29) is 33.8 Å². The van der Waals surface area contributed by atoms with Crippen LogP contribution in [0.2, 0.25) is 5.02 Å². The van der Waals surface area contributed by atoms with E-state index < -0.39 is 22.1 Å². The van der Waals surface area contributed by atoms with Crippen LogP contribution in [0.25, 0.3) is 10.9 Å². The molecule has 184 valence electrons. The summed E-state index contributed by atoms with van der Waals surface area (Å²) in [4.78, 5) is 28.7. The summed E-state index contributed by atoms with van der Waals surface area (Å²) in [7, 11) is -2.61. The summed E-state index contributed by atoms with van der Waals surface area (Å²) in [5.41, 5.74) is 6.11. The Balaban J connectivity index is 1.67. The number of primary amides is 1. The van der Waals surface area contributed by atoms with Gasteiger partial charge in [0.1, 0.15) is 17.2 Å². The van der Waals surface area contributed by atoms with Gasteiger partial charge in [0.15, 0.2) is 0 Å². The number of aromatic nitrogens is 1. The third-order valence-electron chi connectivity index (χ3n) is 4.95. The van der Waals surface area contributed by atoms with Crippen LogP contribution in [0.3, 0.4) is 0 Å². The molecule has 1 saturated carbocycles. The van der Waals surface area contributed by atoms with Crippen molar-refractivity contribution in [3.8, 4) is 17.2 Å². The molecule has 2 aromatic carbocycles. The van der Waals surface area contributed by atoms with E-state index >= 15 is 0 Å². The molecular weight excluding hydrogens is 500 g/mol. The number of rotatable bonds is 8. The Labute approximate surface area is 205 Å². The molecule has 0 saturated heterocycles. The highest BCUT2D eigenvalue weighted by Gasteiger charge is 2.30. The van der Waals surface area contributed by atoms with E-state index in [1.54, 1.807) is 12.1 Å². The van der Waals surface area contributed by atoms with Crippen molar-refractivity contribution in [3.05, 3.63) is 53.2 Å². The number of hydrogen-bond acceptors (Lipinski definition) is 8. The van der Waals surface area contributed by atoms with Crippen molar-refractivity contribution in [3.63, 3.8) is 0 Å². The van der Waals surface area contributed by atoms with Gasteiger partial charge in [-0.2, -0.15) is 13.5 Å². The van der Waals surface area contributed by atoms with Gasteiger partial charge in [-0.15, -0.1) is 4.28 Å². The number of amides is 3. The van der Waals surface area contributed by atoms with E-state index in [9.17, 15) is 18.0 Å². The number of hydroxylamine groups is 1. The van der Waals surface area contributed by atoms with Crippen LogP contribution in [0.4, 0.5) is 10.5 Å². The van der Waals surface area contributed by atoms with Crippen LogP contribution in [0.15, 0.2) is 42.6 Å². The largest absolute Gasteiger partial charge is 0.496 e. The van der Waals surface area contributed by atoms with Crippen molar-refractivity contribution in [1.82, 2.24) is 10.3 Å². The lowest BCUT2D eigenvalue weighted by atomic mass is 10.1. The summed E-state index contributed by atoms with van der Waals surface area (Å²) in [5, 5.41) is 3.73. The predicted octanol–water partition coefficient (Wildman–Crippen LogP) is 3.36. The molecule has 1 aliphatic carbocycles. The zero-order valence-electron chi connectivity index (χ0n) is 18.6. The van der Waals surface area contributed by atoms with Crippen LogP contribution in [0.1, 0.15) is 23.2 Å². The first-order valence-electron chi connectivity index (χ1n) is 10.3. The standard InChI is InChI=1S/C22H21ClN4O7S/c1-32-20-11-17-14(10-15(20)21(24)28)19(7-8-25-17)33-13-5-6-18(16(23)9-13)27(34-35(2,30)31)22(29)26-12-3-4-12/h5-12H,3-4H2,1-2H3,(H2,24,28)(H,26,29). The van der Waals surface area contributed by atoms with E-state index in [4.69, 9.17) is 31.1 Å². The molecule has 0 radical (unpaired) electrons. The molecule has 0 atom stereocenters. The van der Waals surface area contributed by atoms with Crippen LogP contribution in [0.5, 0.6) is 17.2 Å². The number of hydrogen-bond donors (Lipinski definition) is 2. The minimum Gasteiger partial charge on any atom is -0.496 e. The van der Waals surface area contributed by atoms with Crippen molar-refractivity contribution in [2.75, 3.05) is 18.4 Å². The summed E-state index contributed by atoms with van der Waals surface area (Å²) < 4.78 is 39.5. The maximum atomic E-state index is 12.6. The Bertz CT molecular complexity index is 1430. The van der Waals surface area contributed by atoms with Crippen molar-refractivity contribution in [1.29, 1.82) is 0 Å². The number of fused-ring (bicyclic) bond motifs is 1. The van der Waals surface area contributed by atoms with Gasteiger partial charge in [0.05, 0.1) is 35.2 Å². The summed E-state index contributed by atoms with van der Waals surface area (Å²) in [6.07, 6.45) is 3.92. The minimum absolute atomic E-state index is 0.00271. The van der Waals surface area contributed by atoms with Gasteiger partial charge in [-0.3, -0.25) is 9.78 Å². The van der Waals surface area contributed by atoms with Gasteiger partial charge in [-0.05, 0) is 37.1 Å². The predicted molar refractivity (Wildman–Crippen MR) is 128 cm³/mol. The van der Waals surface area contributed by atoms with Gasteiger partial charge in [-0.1, -0.05) is 11.6 Å². The van der Waals surface area contributed by atoms with Gasteiger partial charge >= 0.3 is 6.03 Å². The first kappa shape index (κ1) is 24.5. The highest BCUT2D eigenvalue weighted by molar-refractivity contribution is 7.86. The normalized spacial score (nSPS) is 13.3. The van der Waals surface area contributed by atoms with Crippen LogP contribution < -0.4 is 25.6 Å². The van der Waals surface area contributed by atoms with Gasteiger partial charge in [0.2, 0.25) is 0 Å². The highest BCUT2D eigenvalue weighted by Crippen LogP contribution is 2.36. The summed E-state index contributed by atoms with van der Waals surface area (Å²) in [6, 6.07) is 8.12. The van der Waals surface area contributed by atoms with Gasteiger partial charge in [-0.25, -0.2) is 4.79 Å². The molecule has 1 fully saturated rings. The third kappa shape index (κ3) is 5.73. The van der Waals surface area contributed by atoms with E-state index in [1.807, 2.05) is 0 Å². The van der Waals surface area contributed by atoms with Crippen LogP contribution in [-0.2, 0) is 14.4 Å². The van der Waals surface area contributed by atoms with Crippen LogP contribution in [-0.4, -0.2) is 44.7 Å². The number of nitrogens with zero attached hydrogens (tertiary/aromatic N) is 2. The van der Waals surface area contributed by atoms with Crippen LogP contribution >= 0.6 is 11.6 Å². The first-order valence-corrected chi connectivity index (χ1v) is 12.5. The van der Waals surface area contributed by atoms with Crippen molar-refractivity contribution in [2.24, 2.45) is 5.73 Å². The Morgan fingerprint density at radius 2 is 1.91 bits per heavy atom. The number of urea groups is 1. The van der Waals surface area contributed by atoms with E-state index in [0.717, 1.165) is 19.1 Å². The molecule has 3 N–H and O–H groups in total. The van der Waals surface area contributed by atoms with Crippen LogP contribution in [0, 0.1) is 0 Å². The molecule has 0 unspecified atom stereocenters. The molecule has 0 spiro atoms. The number of methoxy groups -OCH3 is 1. The molecule has 3 amide bonds. The number of nitrogens with one attached hydrogen (secondary N) is 1. The quantitative estimate of drug-likeness (QED) is 0.429. The maximum Gasteiger partial charge on any atom is 0.347 e. The SMILES string of the molecule is COc1cc2nccc(Oc3ccc(N(OS(C)(=O)=O)C(=O)NC4CC4)c(Cl)c3)c2cc1C(N)=O. The fourth-order valence-corrected chi connectivity index (χ4v) is 3.89. The molecule has 1 heterocycles. The summed E-state index contributed by atoms with van der Waals surface area (Å²) in [5.74, 6) is 0.211. The first-order chi connectivity index (χ1) is 16.6. The number of nitrogens with two attached hydrogens (primary N) is 1. The van der Waals surface area contributed by atoms with Crippen molar-refractivity contribution in [2.45, 2.75) is 18.9 Å². The number of carbonyl (C=O) groups is 2. The Hall–Kier alpha value is -3.61. The minimum atomic E-state index is -4.03. The smallest absolute Gasteiger partial charge is 0.347 e. The average Bonchev–Trinajstić information content (AvgIpc) is 3.60. The van der Waals surface area contributed by atoms with Gasteiger partial charge in [0.25, 0.3) is 16.0 Å². The number of carbonyl (C=O) groups excluding carboxylic acids is 2. The molecular formula is C22H21ClN4O7S. The maximum absolute atomic E-state index is 12.6. The van der Waals surface area contributed by atoms with Gasteiger partial charge < -0.3 is 20.5 Å². The topological polar surface area (TPSA) is 150 Å². The molecule has 11 nitrogen and oxygen atoms in total. The highest BCUT2D eigenvalue weighted by atomic mass is 35.5. The lowest BCUT2D eigenvalue weighted by molar-refractivity contribution is 0.0997. The van der Waals surface area contributed by atoms with Crippen molar-refractivity contribution >= 4 is 50.2 Å². The summed E-state index contributed by atoms with van der Waals surface area (Å²) in [6.45, 7) is 0. The molecule has 1 aromatic heterocycles. The Morgan fingerprint density at radius 1 is 1.17 bits per heavy atom. The monoisotopic (exact) mass is 520 g/mol. The Kier molecular flexibility index (Phi) is 6.70. The lowest BCUT2D eigenvalue weighted by Gasteiger charge is -2.22. The number of ether oxygens (including phenoxy) is 2. The van der Waals surface area contributed by atoms with E-state index in [1.165, 1.54) is 37.6 Å². The molecule has 1 aliphatic rings. The molecule has 0 bridgehead atoms. The number of benzene rings is 2. The van der Waals surface area contributed by atoms with Gasteiger partial charge in [0, 0.05) is 29.8 Å². The van der Waals surface area contributed by atoms with E-state index in [0.29, 0.717) is 21.7 Å². The number of anilines is 1. The summed E-state index contributed by atoms with van der Waals surface area (Å²) >= 11 is 6.37. The average molecular weight is 521 g/mol. The second-order valence-corrected chi connectivity index (χ2v) is 9.72. The number of pyridine rings is 1. The third-order valence-corrected chi connectivity index (χ3v) is 5.68. The number of halogens is 1. The molecule has 35 heavy (non-hydrogen) atoms. The molecule has 3 aromatic rings. The zero-order chi connectivity index (χ0) is 25.3. The fraction of sp³-hybridized carbons (Fsp3) is 0.227. The fourth-order valence-electron chi connectivity index (χ4n) is 3.22.